The van der Waals surface area contributed by atoms with Crippen LogP contribution in [0.15, 0.2) is 72.8 Å². The van der Waals surface area contributed by atoms with Crippen molar-refractivity contribution in [1.29, 1.82) is 0 Å². The first kappa shape index (κ1) is 109. The zero-order valence-corrected chi connectivity index (χ0v) is 83.0. The topological polar surface area (TPSA) is 465 Å². The molecular formula is C96H123ClF6LiN22O15-. The number of carbonyl (C=O) groups excluding carboxylic acids is 4. The van der Waals surface area contributed by atoms with Crippen molar-refractivity contribution >= 4 is 121 Å². The Kier molecular flexibility index (Phi) is 36.7. The number of carbonyl (C=O) groups is 3. The number of hydrogen-bond donors (Lipinski definition) is 8. The first-order valence-electron chi connectivity index (χ1n) is 45.9. The number of halogens is 7. The summed E-state index contributed by atoms with van der Waals surface area (Å²) in [5.41, 5.74) is 25.3. The number of nitrogen functional groups attached to an aromatic ring is 4. The van der Waals surface area contributed by atoms with Crippen molar-refractivity contribution in [2.75, 3.05) is 160 Å². The molecule has 4 aromatic heterocycles. The number of hydrogen-bond acceptors (Lipinski definition) is 34. The summed E-state index contributed by atoms with van der Waals surface area (Å²) < 4.78 is 137. The van der Waals surface area contributed by atoms with Gasteiger partial charge in [-0.15, -0.1) is 6.42 Å². The van der Waals surface area contributed by atoms with Crippen LogP contribution in [0.1, 0.15) is 143 Å². The van der Waals surface area contributed by atoms with Gasteiger partial charge in [-0.2, -0.15) is 15.0 Å². The third-order valence-corrected chi connectivity index (χ3v) is 25.4. The van der Waals surface area contributed by atoms with Crippen molar-refractivity contribution in [3.8, 4) is 46.0 Å². The number of aromatic nitrogens is 8. The minimum atomic E-state index is -0.683. The molecule has 0 radical (unpaired) electrons. The van der Waals surface area contributed by atoms with E-state index in [4.69, 9.17) is 81.9 Å². The number of ether oxygens (including phenoxy) is 10. The van der Waals surface area contributed by atoms with Gasteiger partial charge in [-0.25, -0.2) is 60.9 Å². The van der Waals surface area contributed by atoms with Crippen molar-refractivity contribution in [3.63, 3.8) is 0 Å². The molecule has 8 aliphatic rings. The fraction of sp³-hybridized carbons (Fsp3) is 0.500. The van der Waals surface area contributed by atoms with E-state index in [2.05, 4.69) is 70.9 Å². The first-order chi connectivity index (χ1) is 66.4. The number of nitrogens with zero attached hydrogens (tertiary/aromatic N) is 14. The van der Waals surface area contributed by atoms with Crippen LogP contribution in [-0.2, 0) is 19.1 Å². The maximum absolute atomic E-state index is 15.3. The van der Waals surface area contributed by atoms with Gasteiger partial charge in [0.15, 0.2) is 69.3 Å². The van der Waals surface area contributed by atoms with E-state index < -0.39 is 28.9 Å². The van der Waals surface area contributed by atoms with Gasteiger partial charge in [0.1, 0.15) is 68.2 Å². The van der Waals surface area contributed by atoms with E-state index in [1.165, 1.54) is 100 Å². The fourth-order valence-electron chi connectivity index (χ4n) is 18.9. The molecule has 13 N–H and O–H groups in total. The van der Waals surface area contributed by atoms with Crippen molar-refractivity contribution < 1.29 is 117 Å². The quantitative estimate of drug-likeness (QED) is 0.0143. The molecule has 6 aromatic carbocycles. The van der Waals surface area contributed by atoms with E-state index in [9.17, 15) is 36.7 Å². The largest absolute Gasteiger partial charge is 1.00 e. The number of amides is 3. The van der Waals surface area contributed by atoms with Gasteiger partial charge >= 0.3 is 31.0 Å². The molecule has 8 aliphatic heterocycles. The van der Waals surface area contributed by atoms with Gasteiger partial charge in [0.05, 0.1) is 69.0 Å². The zero-order valence-electron chi connectivity index (χ0n) is 82.2. The Labute approximate surface area is 830 Å². The summed E-state index contributed by atoms with van der Waals surface area (Å²) in [6, 6.07) is 20.0. The average Bonchev–Trinajstić information content (AvgIpc) is 1.32. The molecule has 8 unspecified atom stereocenters. The Balaban J connectivity index is 0.000000167. The number of methoxy groups -OCH3 is 8. The van der Waals surface area contributed by atoms with Crippen LogP contribution in [0.5, 0.6) is 46.0 Å². The molecule has 3 amide bonds. The number of piperazine rings is 4. The molecule has 758 valence electrons. The van der Waals surface area contributed by atoms with E-state index >= 15 is 8.78 Å². The summed E-state index contributed by atoms with van der Waals surface area (Å²) in [5, 5.41) is 14.7. The van der Waals surface area contributed by atoms with Crippen molar-refractivity contribution in [1.82, 2.24) is 75.8 Å². The van der Waals surface area contributed by atoms with Crippen LogP contribution >= 0.6 is 11.6 Å². The first-order valence-corrected chi connectivity index (χ1v) is 46.3. The Morgan fingerprint density at radius 2 is 0.745 bits per heavy atom. The Hall–Kier alpha value is -12.4. The summed E-state index contributed by atoms with van der Waals surface area (Å²) in [5.74, 6) is -0.462. The molecule has 8 fully saturated rings. The van der Waals surface area contributed by atoms with Gasteiger partial charge in [0, 0.05) is 129 Å². The third kappa shape index (κ3) is 24.9. The average molecular weight is 1980 g/mol. The summed E-state index contributed by atoms with van der Waals surface area (Å²) in [6.07, 6.45) is 9.92. The fourth-order valence-corrected chi connectivity index (χ4v) is 19.1. The standard InChI is InChI=1S/C27H32F2N6O3.C21H28FN5O4.C16H20FN5O2.C11H13FNO.C11H20N2O2.C10H9ClFN3O2.Li.H2O/c1-4-31-20(15-5-7-16(28)8-6-15)12-22(36)34-13-17-9-10-18(14-34)35(17)27-32-24-19(26(30)33-27)11-21(37-2)25(38-3)23(24)29;1-21(2,3)31-20(28)26-9-11-6-7-12(10-26)27(11)19-24-16-13(18(23)25-19)8-14(29-4)17(30-5)15(16)22;1-23-11-5-10-13(12(17)14(11)24-2)20-16(21-15(10)18)22-8-3-4-9(22)7-19-6-8;1-2-13-11(7-8-14)9-3-5-10(12)6-4-9;1-11(2,3)15-10(14)13-6-8-4-5-9(7-13)12-8;1-16-5-3-4-7(6(12)8(5)17-2)14-10(11)15-9(4)13;;/h5-8,11,17-18,20,31H,4,9-10,12-14H2,1-3H3,(H2,30,32,33);8,11-12H,6-7,9-10H2,1-5H3,(H2,23,24,25);5,8-9,19H,3-4,6-7H2,1-2H3,(H2,18,20,21);3-6,11,13H,2,7H2,1H3;8-9,12H,4-7H2,1-3H3;3H,1-2H3,(H2,13,14,15);;1H2/q;;;-1;;;+1;/p-1/t17?,18?,20-;;;11-;;;;/m1..1..../s1. The van der Waals surface area contributed by atoms with E-state index in [0.717, 1.165) is 82.4 Å². The normalized spacial score (nSPS) is 19.5. The summed E-state index contributed by atoms with van der Waals surface area (Å²) >= 11 is 5.62. The van der Waals surface area contributed by atoms with Gasteiger partial charge in [-0.1, -0.05) is 38.1 Å². The second-order valence-electron chi connectivity index (χ2n) is 36.5. The van der Waals surface area contributed by atoms with Crippen molar-refractivity contribution in [3.05, 3.63) is 124 Å². The smallest absolute Gasteiger partial charge is 0.870 e. The molecule has 0 saturated carbocycles. The van der Waals surface area contributed by atoms with Crippen molar-refractivity contribution in [2.45, 2.75) is 191 Å². The Morgan fingerprint density at radius 3 is 1.07 bits per heavy atom. The maximum Gasteiger partial charge on any atom is 1.00 e. The molecule has 10 aromatic rings. The van der Waals surface area contributed by atoms with E-state index in [1.807, 2.05) is 76.4 Å². The van der Waals surface area contributed by atoms with Crippen molar-refractivity contribution in [2.24, 2.45) is 0 Å². The number of nitrogens with two attached hydrogens (primary N) is 4. The Bertz CT molecular complexity index is 6020. The molecule has 12 heterocycles. The number of rotatable bonds is 21. The molecule has 10 atom stereocenters. The van der Waals surface area contributed by atoms with E-state index in [-0.39, 0.29) is 199 Å². The summed E-state index contributed by atoms with van der Waals surface area (Å²) in [7, 11) is 11.2. The van der Waals surface area contributed by atoms with Gasteiger partial charge in [-0.05, 0) is 177 Å². The predicted molar refractivity (Wildman–Crippen MR) is 518 cm³/mol. The molecule has 0 spiro atoms. The predicted octanol–water partition coefficient (Wildman–Crippen LogP) is 9.88. The maximum atomic E-state index is 15.3. The molecule has 45 heteroatoms. The van der Waals surface area contributed by atoms with Crippen LogP contribution in [0, 0.1) is 34.9 Å². The van der Waals surface area contributed by atoms with Gasteiger partial charge < -0.3 is 131 Å². The van der Waals surface area contributed by atoms with Crippen LogP contribution in [0.4, 0.5) is 77.0 Å². The molecule has 8 bridgehead atoms. The van der Waals surface area contributed by atoms with Crippen LogP contribution in [0.3, 0.4) is 0 Å². The number of fused-ring (bicyclic) bond motifs is 12. The number of likely N-dealkylation sites (tertiary alicyclic amines) is 3. The molecule has 141 heavy (non-hydrogen) atoms. The number of anilines is 7. The molecule has 37 nitrogen and oxygen atoms in total. The second kappa shape index (κ2) is 47.5. The van der Waals surface area contributed by atoms with Crippen LogP contribution in [0.25, 0.3) is 43.6 Å². The molecule has 8 saturated heterocycles. The summed E-state index contributed by atoms with van der Waals surface area (Å²) in [4.78, 5) is 94.2. The molecule has 0 aliphatic carbocycles. The van der Waals surface area contributed by atoms with Gasteiger partial charge in [0.2, 0.25) is 29.0 Å². The monoisotopic (exact) mass is 1980 g/mol. The van der Waals surface area contributed by atoms with E-state index in [1.54, 1.807) is 47.4 Å². The van der Waals surface area contributed by atoms with Crippen LogP contribution in [0.2, 0.25) is 5.28 Å². The van der Waals surface area contributed by atoms with Gasteiger partial charge in [-0.3, -0.25) is 11.1 Å². The minimum Gasteiger partial charge on any atom is -0.870 e. The second-order valence-corrected chi connectivity index (χ2v) is 36.8. The number of nitrogens with one attached hydrogen (secondary N) is 4. The molecular weight excluding hydrogens is 1860 g/mol. The number of benzene rings is 6. The zero-order chi connectivity index (χ0) is 100. The molecule has 18 rings (SSSR count). The Morgan fingerprint density at radius 1 is 0.440 bits per heavy atom. The third-order valence-electron chi connectivity index (χ3n) is 25.2. The van der Waals surface area contributed by atoms with Crippen LogP contribution < -0.4 is 116 Å². The minimum absolute atomic E-state index is 0. The SMILES string of the molecule is CC(C)(C)OC(=O)N1CC2CCC(C1)N2.CCN[C@H](CC(=O)N1CC2CCC(C1)N2c1nc(N)c2cc(OC)c(OC)c(F)c2n1)c1ccc(F)cc1.CCN[C@H](C[C-]=O)c1ccc(F)cc1.COc1cc2c(N)nc(Cl)nc2c(F)c1OC.COc1cc2c(N)nc(N3C4CCC3CN(C(=O)OC(C)(C)C)C4)nc2c(F)c1OC.COc1cc2c(N)nc(N3C4CCC3CNC4)nc2c(F)c1OC.[Li+].[OH-]. The van der Waals surface area contributed by atoms with Crippen LogP contribution in [-0.4, -0.2) is 266 Å². The van der Waals surface area contributed by atoms with E-state index in [0.29, 0.717) is 103 Å². The van der Waals surface area contributed by atoms with Gasteiger partial charge in [0.25, 0.3) is 0 Å². The summed E-state index contributed by atoms with van der Waals surface area (Å²) in [6.45, 7) is 22.0.